The van der Waals surface area contributed by atoms with Gasteiger partial charge >= 0.3 is 5.97 Å². The summed E-state index contributed by atoms with van der Waals surface area (Å²) in [6.07, 6.45) is 0. The van der Waals surface area contributed by atoms with Crippen molar-refractivity contribution in [2.75, 3.05) is 7.05 Å². The van der Waals surface area contributed by atoms with Crippen LogP contribution in [0.1, 0.15) is 20.7 Å². The standard InChI is InChI=1S/C15H13NO3/c1-16-14(17)12-8-4-2-6-10(12)11-7-3-5-9-13(11)15(18)19/h2-9H,1H3,(H,16,17)(H,18,19). The number of carboxylic acids is 1. The lowest BCUT2D eigenvalue weighted by Crippen LogP contribution is -2.18. The number of carbonyl (C=O) groups is 2. The molecule has 2 N–H and O–H groups in total. The monoisotopic (exact) mass is 255 g/mol. The molecule has 0 aliphatic carbocycles. The van der Waals surface area contributed by atoms with Crippen LogP contribution >= 0.6 is 0 Å². The Morgan fingerprint density at radius 1 is 0.895 bits per heavy atom. The van der Waals surface area contributed by atoms with Crippen LogP contribution in [0.25, 0.3) is 11.1 Å². The molecular weight excluding hydrogens is 242 g/mol. The van der Waals surface area contributed by atoms with Crippen molar-refractivity contribution in [3.05, 3.63) is 59.7 Å². The summed E-state index contributed by atoms with van der Waals surface area (Å²) in [5, 5.41) is 11.8. The van der Waals surface area contributed by atoms with Gasteiger partial charge in [-0.05, 0) is 23.3 Å². The molecule has 0 spiro atoms. The first-order valence-electron chi connectivity index (χ1n) is 5.79. The molecule has 0 heterocycles. The van der Waals surface area contributed by atoms with Crippen molar-refractivity contribution >= 4 is 11.9 Å². The highest BCUT2D eigenvalue weighted by molar-refractivity contribution is 6.04. The number of benzene rings is 2. The zero-order valence-corrected chi connectivity index (χ0v) is 10.4. The minimum atomic E-state index is -1.01. The van der Waals surface area contributed by atoms with E-state index in [2.05, 4.69) is 5.32 Å². The van der Waals surface area contributed by atoms with E-state index in [0.29, 0.717) is 16.7 Å². The molecule has 0 unspecified atom stereocenters. The van der Waals surface area contributed by atoms with E-state index in [1.54, 1.807) is 49.5 Å². The number of aromatic carboxylic acids is 1. The highest BCUT2D eigenvalue weighted by Gasteiger charge is 2.16. The van der Waals surface area contributed by atoms with Crippen LogP contribution in [-0.2, 0) is 0 Å². The fourth-order valence-electron chi connectivity index (χ4n) is 1.96. The SMILES string of the molecule is CNC(=O)c1ccccc1-c1ccccc1C(=O)O. The molecule has 4 nitrogen and oxygen atoms in total. The van der Waals surface area contributed by atoms with Crippen molar-refractivity contribution in [2.45, 2.75) is 0 Å². The zero-order valence-electron chi connectivity index (χ0n) is 10.4. The molecule has 2 rings (SSSR count). The summed E-state index contributed by atoms with van der Waals surface area (Å²) in [5.41, 5.74) is 1.78. The quantitative estimate of drug-likeness (QED) is 0.885. The molecule has 2 aromatic rings. The lowest BCUT2D eigenvalue weighted by molar-refractivity contribution is 0.0697. The molecule has 0 fully saturated rings. The molecule has 19 heavy (non-hydrogen) atoms. The molecule has 0 aliphatic rings. The third kappa shape index (κ3) is 2.47. The minimum Gasteiger partial charge on any atom is -0.478 e. The van der Waals surface area contributed by atoms with E-state index in [4.69, 9.17) is 0 Å². The Kier molecular flexibility index (Phi) is 3.61. The maximum atomic E-state index is 11.8. The number of carboxylic acid groups (broad SMARTS) is 1. The van der Waals surface area contributed by atoms with Crippen LogP contribution < -0.4 is 5.32 Å². The van der Waals surface area contributed by atoms with E-state index < -0.39 is 5.97 Å². The van der Waals surface area contributed by atoms with Gasteiger partial charge in [0.25, 0.3) is 5.91 Å². The normalized spacial score (nSPS) is 9.95. The van der Waals surface area contributed by atoms with Gasteiger partial charge in [-0.2, -0.15) is 0 Å². The largest absolute Gasteiger partial charge is 0.478 e. The van der Waals surface area contributed by atoms with Crippen molar-refractivity contribution in [3.8, 4) is 11.1 Å². The first kappa shape index (κ1) is 12.8. The summed E-state index contributed by atoms with van der Waals surface area (Å²) in [6.45, 7) is 0. The molecule has 4 heteroatoms. The van der Waals surface area contributed by atoms with Gasteiger partial charge in [-0.15, -0.1) is 0 Å². The molecular formula is C15H13NO3. The second kappa shape index (κ2) is 5.35. The molecule has 0 aliphatic heterocycles. The van der Waals surface area contributed by atoms with Crippen molar-refractivity contribution in [2.24, 2.45) is 0 Å². The van der Waals surface area contributed by atoms with Crippen molar-refractivity contribution in [1.29, 1.82) is 0 Å². The zero-order chi connectivity index (χ0) is 13.8. The lowest BCUT2D eigenvalue weighted by Gasteiger charge is -2.10. The maximum absolute atomic E-state index is 11.8. The van der Waals surface area contributed by atoms with Gasteiger partial charge in [-0.25, -0.2) is 4.79 Å². The van der Waals surface area contributed by atoms with Gasteiger partial charge in [0.15, 0.2) is 0 Å². The molecule has 1 amide bonds. The van der Waals surface area contributed by atoms with E-state index in [0.717, 1.165) is 0 Å². The van der Waals surface area contributed by atoms with E-state index >= 15 is 0 Å². The van der Waals surface area contributed by atoms with Gasteiger partial charge in [0.2, 0.25) is 0 Å². The van der Waals surface area contributed by atoms with Crippen molar-refractivity contribution < 1.29 is 14.7 Å². The van der Waals surface area contributed by atoms with E-state index in [1.807, 2.05) is 0 Å². The number of nitrogens with one attached hydrogen (secondary N) is 1. The highest BCUT2D eigenvalue weighted by atomic mass is 16.4. The third-order valence-electron chi connectivity index (χ3n) is 2.85. The van der Waals surface area contributed by atoms with Crippen LogP contribution in [-0.4, -0.2) is 24.0 Å². The fourth-order valence-corrected chi connectivity index (χ4v) is 1.96. The topological polar surface area (TPSA) is 66.4 Å². The Labute approximate surface area is 110 Å². The van der Waals surface area contributed by atoms with E-state index in [-0.39, 0.29) is 11.5 Å². The minimum absolute atomic E-state index is 0.179. The second-order valence-electron chi connectivity index (χ2n) is 3.98. The average Bonchev–Trinajstić information content (AvgIpc) is 2.46. The number of hydrogen-bond acceptors (Lipinski definition) is 2. The Bertz CT molecular complexity index is 635. The van der Waals surface area contributed by atoms with Gasteiger partial charge in [0, 0.05) is 12.6 Å². The molecule has 0 aromatic heterocycles. The van der Waals surface area contributed by atoms with Crippen molar-refractivity contribution in [1.82, 2.24) is 5.32 Å². The molecule has 0 saturated heterocycles. The van der Waals surface area contributed by atoms with Gasteiger partial charge in [-0.1, -0.05) is 36.4 Å². The molecule has 2 aromatic carbocycles. The lowest BCUT2D eigenvalue weighted by atomic mass is 9.95. The summed E-state index contributed by atoms with van der Waals surface area (Å²) in [5.74, 6) is -1.25. The smallest absolute Gasteiger partial charge is 0.336 e. The van der Waals surface area contributed by atoms with Crippen LogP contribution in [0.2, 0.25) is 0 Å². The van der Waals surface area contributed by atoms with Crippen molar-refractivity contribution in [3.63, 3.8) is 0 Å². The van der Waals surface area contributed by atoms with Gasteiger partial charge in [0.1, 0.15) is 0 Å². The third-order valence-corrected chi connectivity index (χ3v) is 2.85. The maximum Gasteiger partial charge on any atom is 0.336 e. The summed E-state index contributed by atoms with van der Waals surface area (Å²) >= 11 is 0. The number of rotatable bonds is 3. The summed E-state index contributed by atoms with van der Waals surface area (Å²) in [4.78, 5) is 23.1. The first-order valence-corrected chi connectivity index (χ1v) is 5.79. The predicted molar refractivity (Wildman–Crippen MR) is 72.2 cm³/mol. The first-order chi connectivity index (χ1) is 9.15. The Morgan fingerprint density at radius 3 is 1.89 bits per heavy atom. The second-order valence-corrected chi connectivity index (χ2v) is 3.98. The fraction of sp³-hybridized carbons (Fsp3) is 0.0667. The van der Waals surface area contributed by atoms with Crippen LogP contribution in [0.4, 0.5) is 0 Å². The average molecular weight is 255 g/mol. The number of amides is 1. The Hall–Kier alpha value is -2.62. The van der Waals surface area contributed by atoms with Crippen LogP contribution in [0.3, 0.4) is 0 Å². The van der Waals surface area contributed by atoms with E-state index in [9.17, 15) is 14.7 Å². The molecule has 0 atom stereocenters. The van der Waals surface area contributed by atoms with Crippen LogP contribution in [0.15, 0.2) is 48.5 Å². The summed E-state index contributed by atoms with van der Waals surface area (Å²) in [6, 6.07) is 13.6. The van der Waals surface area contributed by atoms with Gasteiger partial charge < -0.3 is 10.4 Å². The van der Waals surface area contributed by atoms with E-state index in [1.165, 1.54) is 6.07 Å². The van der Waals surface area contributed by atoms with Crippen LogP contribution in [0, 0.1) is 0 Å². The predicted octanol–water partition coefficient (Wildman–Crippen LogP) is 2.41. The molecule has 96 valence electrons. The Morgan fingerprint density at radius 2 is 1.37 bits per heavy atom. The highest BCUT2D eigenvalue weighted by Crippen LogP contribution is 2.27. The molecule has 0 bridgehead atoms. The van der Waals surface area contributed by atoms with Gasteiger partial charge in [0.05, 0.1) is 5.56 Å². The van der Waals surface area contributed by atoms with Crippen LogP contribution in [0.5, 0.6) is 0 Å². The summed E-state index contributed by atoms with van der Waals surface area (Å²) < 4.78 is 0. The molecule has 0 saturated carbocycles. The number of carbonyl (C=O) groups excluding carboxylic acids is 1. The molecule has 0 radical (unpaired) electrons. The van der Waals surface area contributed by atoms with Gasteiger partial charge in [-0.3, -0.25) is 4.79 Å². The number of hydrogen-bond donors (Lipinski definition) is 2. The Balaban J connectivity index is 2.66. The summed E-state index contributed by atoms with van der Waals surface area (Å²) in [7, 11) is 1.54.